The molecule has 0 radical (unpaired) electrons. The van der Waals surface area contributed by atoms with Crippen LogP contribution in [0.3, 0.4) is 0 Å². The van der Waals surface area contributed by atoms with Gasteiger partial charge in [-0.25, -0.2) is 13.1 Å². The van der Waals surface area contributed by atoms with Gasteiger partial charge in [-0.3, -0.25) is 4.79 Å². The third kappa shape index (κ3) is 2.25. The molecule has 0 aromatic heterocycles. The molecule has 0 unspecified atom stereocenters. The van der Waals surface area contributed by atoms with Gasteiger partial charge in [0.05, 0.1) is 4.90 Å². The molecular weight excluding hydrogens is 274 g/mol. The second kappa shape index (κ2) is 4.68. The first-order valence-electron chi connectivity index (χ1n) is 5.12. The van der Waals surface area contributed by atoms with E-state index in [0.717, 1.165) is 0 Å². The van der Waals surface area contributed by atoms with Crippen LogP contribution in [0.25, 0.3) is 10.8 Å². The Morgan fingerprint density at radius 3 is 2.50 bits per heavy atom. The smallest absolute Gasteiger partial charge is 0.253 e. The minimum absolute atomic E-state index is 0.0210. The van der Waals surface area contributed by atoms with Crippen LogP contribution < -0.4 is 4.72 Å². The average molecular weight is 284 g/mol. The van der Waals surface area contributed by atoms with E-state index in [1.807, 2.05) is 0 Å². The fourth-order valence-corrected chi connectivity index (χ4v) is 2.67. The SMILES string of the molecule is CNS(=O)(=O)c1cc(C(=O)Cl)c2ccccc2c1. The van der Waals surface area contributed by atoms with E-state index in [9.17, 15) is 13.2 Å². The van der Waals surface area contributed by atoms with Crippen LogP contribution in [-0.2, 0) is 10.0 Å². The molecule has 0 aliphatic rings. The molecule has 4 nitrogen and oxygen atoms in total. The van der Waals surface area contributed by atoms with Crippen molar-refractivity contribution in [2.45, 2.75) is 4.90 Å². The molecule has 2 rings (SSSR count). The lowest BCUT2D eigenvalue weighted by atomic mass is 10.1. The molecule has 0 atom stereocenters. The van der Waals surface area contributed by atoms with Gasteiger partial charge >= 0.3 is 0 Å². The summed E-state index contributed by atoms with van der Waals surface area (Å²) in [6.07, 6.45) is 0. The van der Waals surface area contributed by atoms with Gasteiger partial charge in [-0.1, -0.05) is 24.3 Å². The predicted molar refractivity (Wildman–Crippen MR) is 70.4 cm³/mol. The molecule has 6 heteroatoms. The maximum atomic E-state index is 11.8. The summed E-state index contributed by atoms with van der Waals surface area (Å²) < 4.78 is 25.7. The third-order valence-corrected chi connectivity index (χ3v) is 4.22. The van der Waals surface area contributed by atoms with Crippen LogP contribution in [0.5, 0.6) is 0 Å². The Kier molecular flexibility index (Phi) is 3.38. The second-order valence-corrected chi connectivity index (χ2v) is 5.90. The Balaban J connectivity index is 2.85. The fraction of sp³-hybridized carbons (Fsp3) is 0.0833. The summed E-state index contributed by atoms with van der Waals surface area (Å²) in [6, 6.07) is 9.76. The number of hydrogen-bond donors (Lipinski definition) is 1. The number of halogens is 1. The summed E-state index contributed by atoms with van der Waals surface area (Å²) in [4.78, 5) is 11.4. The molecule has 0 saturated heterocycles. The summed E-state index contributed by atoms with van der Waals surface area (Å²) in [5.74, 6) is 0. The average Bonchev–Trinajstić information content (AvgIpc) is 2.37. The van der Waals surface area contributed by atoms with Crippen molar-refractivity contribution in [3.63, 3.8) is 0 Å². The normalized spacial score (nSPS) is 11.7. The van der Waals surface area contributed by atoms with Gasteiger partial charge in [-0.15, -0.1) is 0 Å². The number of hydrogen-bond acceptors (Lipinski definition) is 3. The number of fused-ring (bicyclic) bond motifs is 1. The predicted octanol–water partition coefficient (Wildman–Crippen LogP) is 2.13. The van der Waals surface area contributed by atoms with E-state index in [1.165, 1.54) is 19.2 Å². The molecule has 0 amide bonds. The summed E-state index contributed by atoms with van der Waals surface area (Å²) >= 11 is 5.49. The van der Waals surface area contributed by atoms with E-state index in [1.54, 1.807) is 24.3 Å². The van der Waals surface area contributed by atoms with Crippen LogP contribution >= 0.6 is 11.6 Å². The zero-order valence-corrected chi connectivity index (χ0v) is 11.0. The molecule has 18 heavy (non-hydrogen) atoms. The van der Waals surface area contributed by atoms with Gasteiger partial charge in [0.1, 0.15) is 0 Å². The quantitative estimate of drug-likeness (QED) is 0.878. The van der Waals surface area contributed by atoms with Gasteiger partial charge in [-0.05, 0) is 41.6 Å². The summed E-state index contributed by atoms with van der Waals surface area (Å²) in [6.45, 7) is 0. The van der Waals surface area contributed by atoms with Crippen LogP contribution in [-0.4, -0.2) is 20.7 Å². The van der Waals surface area contributed by atoms with Gasteiger partial charge in [-0.2, -0.15) is 0 Å². The Bertz CT molecular complexity index is 725. The Morgan fingerprint density at radius 2 is 1.89 bits per heavy atom. The number of nitrogens with one attached hydrogen (secondary N) is 1. The summed E-state index contributed by atoms with van der Waals surface area (Å²) in [5, 5.41) is 0.602. The van der Waals surface area contributed by atoms with E-state index >= 15 is 0 Å². The highest BCUT2D eigenvalue weighted by molar-refractivity contribution is 7.89. The van der Waals surface area contributed by atoms with Crippen molar-refractivity contribution in [3.8, 4) is 0 Å². The first kappa shape index (κ1) is 13.0. The third-order valence-electron chi connectivity index (χ3n) is 2.63. The Morgan fingerprint density at radius 1 is 1.22 bits per heavy atom. The molecule has 0 saturated carbocycles. The highest BCUT2D eigenvalue weighted by atomic mass is 35.5. The number of carbonyl (C=O) groups excluding carboxylic acids is 1. The van der Waals surface area contributed by atoms with Gasteiger partial charge in [0, 0.05) is 5.56 Å². The van der Waals surface area contributed by atoms with Crippen molar-refractivity contribution < 1.29 is 13.2 Å². The van der Waals surface area contributed by atoms with Crippen LogP contribution in [0.2, 0.25) is 0 Å². The maximum absolute atomic E-state index is 11.8. The molecule has 0 bridgehead atoms. The monoisotopic (exact) mass is 283 g/mol. The Hall–Kier alpha value is -1.43. The highest BCUT2D eigenvalue weighted by Gasteiger charge is 2.16. The molecule has 94 valence electrons. The molecular formula is C12H10ClNO3S. The van der Waals surface area contributed by atoms with Crippen molar-refractivity contribution in [2.75, 3.05) is 7.05 Å². The molecule has 1 N–H and O–H groups in total. The van der Waals surface area contributed by atoms with Crippen molar-refractivity contribution >= 4 is 37.6 Å². The molecule has 0 fully saturated rings. The molecule has 0 aliphatic heterocycles. The molecule has 2 aromatic carbocycles. The number of rotatable bonds is 3. The Labute approximate surface area is 110 Å². The first-order chi connectivity index (χ1) is 8.45. The summed E-state index contributed by atoms with van der Waals surface area (Å²) in [5.41, 5.74) is 0.184. The highest BCUT2D eigenvalue weighted by Crippen LogP contribution is 2.24. The lowest BCUT2D eigenvalue weighted by molar-refractivity contribution is 0.108. The number of benzene rings is 2. The standard InChI is InChI=1S/C12H10ClNO3S/c1-14-18(16,17)9-6-8-4-2-3-5-10(8)11(7-9)12(13)15/h2-7,14H,1H3. The lowest BCUT2D eigenvalue weighted by Gasteiger charge is -2.07. The number of sulfonamides is 1. The van der Waals surface area contributed by atoms with Crippen LogP contribution in [0.4, 0.5) is 0 Å². The largest absolute Gasteiger partial charge is 0.276 e. The fourth-order valence-electron chi connectivity index (χ4n) is 1.72. The van der Waals surface area contributed by atoms with E-state index in [0.29, 0.717) is 10.8 Å². The topological polar surface area (TPSA) is 63.2 Å². The van der Waals surface area contributed by atoms with E-state index in [2.05, 4.69) is 4.72 Å². The zero-order chi connectivity index (χ0) is 13.3. The van der Waals surface area contributed by atoms with Crippen molar-refractivity contribution in [1.82, 2.24) is 4.72 Å². The van der Waals surface area contributed by atoms with E-state index in [4.69, 9.17) is 11.6 Å². The minimum atomic E-state index is -3.61. The van der Waals surface area contributed by atoms with Gasteiger partial charge < -0.3 is 0 Å². The first-order valence-corrected chi connectivity index (χ1v) is 6.98. The van der Waals surface area contributed by atoms with Crippen LogP contribution in [0.15, 0.2) is 41.3 Å². The second-order valence-electron chi connectivity index (χ2n) is 3.67. The van der Waals surface area contributed by atoms with Gasteiger partial charge in [0.15, 0.2) is 0 Å². The molecule has 0 spiro atoms. The van der Waals surface area contributed by atoms with Crippen molar-refractivity contribution in [1.29, 1.82) is 0 Å². The molecule has 0 aliphatic carbocycles. The van der Waals surface area contributed by atoms with Crippen LogP contribution in [0.1, 0.15) is 10.4 Å². The van der Waals surface area contributed by atoms with Crippen LogP contribution in [0, 0.1) is 0 Å². The molecule has 2 aromatic rings. The van der Waals surface area contributed by atoms with E-state index in [-0.39, 0.29) is 10.5 Å². The van der Waals surface area contributed by atoms with E-state index < -0.39 is 15.3 Å². The van der Waals surface area contributed by atoms with Gasteiger partial charge in [0.2, 0.25) is 10.0 Å². The maximum Gasteiger partial charge on any atom is 0.253 e. The van der Waals surface area contributed by atoms with Crippen molar-refractivity contribution in [2.24, 2.45) is 0 Å². The van der Waals surface area contributed by atoms with Crippen molar-refractivity contribution in [3.05, 3.63) is 42.0 Å². The molecule has 0 heterocycles. The van der Waals surface area contributed by atoms with Gasteiger partial charge in [0.25, 0.3) is 5.24 Å². The number of carbonyl (C=O) groups is 1. The lowest BCUT2D eigenvalue weighted by Crippen LogP contribution is -2.18. The summed E-state index contributed by atoms with van der Waals surface area (Å²) in [7, 11) is -2.29. The minimum Gasteiger partial charge on any atom is -0.276 e. The zero-order valence-electron chi connectivity index (χ0n) is 9.48.